The van der Waals surface area contributed by atoms with E-state index in [0.29, 0.717) is 5.92 Å². The van der Waals surface area contributed by atoms with Crippen molar-refractivity contribution >= 4 is 5.97 Å². The minimum Gasteiger partial charge on any atom is -0.477 e. The van der Waals surface area contributed by atoms with Crippen LogP contribution in [0.4, 0.5) is 0 Å². The fourth-order valence-electron chi connectivity index (χ4n) is 2.43. The maximum atomic E-state index is 10.8. The van der Waals surface area contributed by atoms with Crippen LogP contribution in [0.3, 0.4) is 0 Å². The first-order valence-corrected chi connectivity index (χ1v) is 5.96. The molecule has 0 saturated heterocycles. The van der Waals surface area contributed by atoms with Gasteiger partial charge in [0.15, 0.2) is 0 Å². The number of carbonyl (C=O) groups is 1. The average molecular weight is 219 g/mol. The zero-order valence-corrected chi connectivity index (χ0v) is 9.35. The maximum absolute atomic E-state index is 10.8. The highest BCUT2D eigenvalue weighted by molar-refractivity contribution is 5.85. The Morgan fingerprint density at radius 1 is 1.25 bits per heavy atom. The second-order valence-electron chi connectivity index (χ2n) is 4.47. The predicted molar refractivity (Wildman–Crippen MR) is 61.6 cm³/mol. The highest BCUT2D eigenvalue weighted by Gasteiger charge is 2.16. The van der Waals surface area contributed by atoms with Gasteiger partial charge in [0.2, 0.25) is 0 Å². The summed E-state index contributed by atoms with van der Waals surface area (Å²) in [5.74, 6) is -0.404. The van der Waals surface area contributed by atoms with Crippen LogP contribution in [-0.2, 0) is 0 Å². The van der Waals surface area contributed by atoms with E-state index >= 15 is 0 Å². The lowest BCUT2D eigenvalue weighted by Gasteiger charge is -2.14. The van der Waals surface area contributed by atoms with Crippen molar-refractivity contribution in [2.45, 2.75) is 44.4 Å². The van der Waals surface area contributed by atoms with Crippen LogP contribution >= 0.6 is 0 Å². The van der Waals surface area contributed by atoms with Gasteiger partial charge in [0.05, 0.1) is 0 Å². The lowest BCUT2D eigenvalue weighted by molar-refractivity contribution is 0.0690. The molecule has 1 N–H and O–H groups in total. The molecule has 0 radical (unpaired) electrons. The van der Waals surface area contributed by atoms with Gasteiger partial charge in [0.1, 0.15) is 5.69 Å². The SMILES string of the molecule is O=C(O)c1cc(C2CCCCCC2)ccn1. The van der Waals surface area contributed by atoms with E-state index in [2.05, 4.69) is 4.98 Å². The van der Waals surface area contributed by atoms with Gasteiger partial charge in [-0.25, -0.2) is 9.78 Å². The zero-order valence-electron chi connectivity index (χ0n) is 9.35. The van der Waals surface area contributed by atoms with Crippen molar-refractivity contribution in [1.82, 2.24) is 4.98 Å². The second kappa shape index (κ2) is 5.10. The minimum atomic E-state index is -0.935. The van der Waals surface area contributed by atoms with E-state index in [9.17, 15) is 4.79 Å². The summed E-state index contributed by atoms with van der Waals surface area (Å²) in [7, 11) is 0. The quantitative estimate of drug-likeness (QED) is 0.777. The Kier molecular flexibility index (Phi) is 3.54. The molecule has 0 amide bonds. The molecule has 0 unspecified atom stereocenters. The van der Waals surface area contributed by atoms with Crippen molar-refractivity contribution in [3.05, 3.63) is 29.6 Å². The molecular formula is C13H17NO2. The molecule has 16 heavy (non-hydrogen) atoms. The molecule has 3 heteroatoms. The summed E-state index contributed by atoms with van der Waals surface area (Å²) in [6.07, 6.45) is 9.13. The van der Waals surface area contributed by atoms with Gasteiger partial charge < -0.3 is 5.11 Å². The highest BCUT2D eigenvalue weighted by atomic mass is 16.4. The summed E-state index contributed by atoms with van der Waals surface area (Å²) in [6, 6.07) is 3.70. The minimum absolute atomic E-state index is 0.168. The standard InChI is InChI=1S/C13H17NO2/c15-13(16)12-9-11(7-8-14-12)10-5-3-1-2-4-6-10/h7-10H,1-6H2,(H,15,16). The summed E-state index contributed by atoms with van der Waals surface area (Å²) in [5.41, 5.74) is 1.32. The summed E-state index contributed by atoms with van der Waals surface area (Å²) in [5, 5.41) is 8.90. The molecule has 0 bridgehead atoms. The van der Waals surface area contributed by atoms with Gasteiger partial charge in [0, 0.05) is 6.20 Å². The molecular weight excluding hydrogens is 202 g/mol. The molecule has 1 heterocycles. The van der Waals surface area contributed by atoms with Crippen molar-refractivity contribution in [2.75, 3.05) is 0 Å². The van der Waals surface area contributed by atoms with E-state index in [-0.39, 0.29) is 5.69 Å². The average Bonchev–Trinajstić information content (AvgIpc) is 2.57. The van der Waals surface area contributed by atoms with Crippen molar-refractivity contribution in [3.8, 4) is 0 Å². The van der Waals surface area contributed by atoms with Crippen molar-refractivity contribution in [2.24, 2.45) is 0 Å². The Hall–Kier alpha value is -1.38. The van der Waals surface area contributed by atoms with Gasteiger partial charge in [-0.15, -0.1) is 0 Å². The number of nitrogens with zero attached hydrogens (tertiary/aromatic N) is 1. The first-order chi connectivity index (χ1) is 7.77. The van der Waals surface area contributed by atoms with E-state index in [1.54, 1.807) is 12.3 Å². The molecule has 1 saturated carbocycles. The summed E-state index contributed by atoms with van der Waals surface area (Å²) in [6.45, 7) is 0. The molecule has 1 aromatic heterocycles. The van der Waals surface area contributed by atoms with Crippen LogP contribution in [0.5, 0.6) is 0 Å². The number of hydrogen-bond donors (Lipinski definition) is 1. The summed E-state index contributed by atoms with van der Waals surface area (Å²) < 4.78 is 0. The van der Waals surface area contributed by atoms with Crippen LogP contribution in [0.2, 0.25) is 0 Å². The van der Waals surface area contributed by atoms with Gasteiger partial charge in [-0.1, -0.05) is 25.7 Å². The third-order valence-corrected chi connectivity index (χ3v) is 3.33. The topological polar surface area (TPSA) is 50.2 Å². The summed E-state index contributed by atoms with van der Waals surface area (Å²) in [4.78, 5) is 14.7. The second-order valence-corrected chi connectivity index (χ2v) is 4.47. The van der Waals surface area contributed by atoms with Crippen molar-refractivity contribution < 1.29 is 9.90 Å². The van der Waals surface area contributed by atoms with Crippen LogP contribution in [0.1, 0.15) is 60.5 Å². The van der Waals surface area contributed by atoms with E-state index in [1.165, 1.54) is 38.5 Å². The molecule has 3 nitrogen and oxygen atoms in total. The van der Waals surface area contributed by atoms with E-state index < -0.39 is 5.97 Å². The van der Waals surface area contributed by atoms with E-state index in [4.69, 9.17) is 5.11 Å². The molecule has 0 spiro atoms. The lowest BCUT2D eigenvalue weighted by atomic mass is 9.92. The van der Waals surface area contributed by atoms with Gasteiger partial charge in [-0.3, -0.25) is 0 Å². The Labute approximate surface area is 95.5 Å². The van der Waals surface area contributed by atoms with Crippen LogP contribution in [0.15, 0.2) is 18.3 Å². The van der Waals surface area contributed by atoms with Crippen LogP contribution in [-0.4, -0.2) is 16.1 Å². The molecule has 1 aliphatic carbocycles. The number of carboxylic acid groups (broad SMARTS) is 1. The molecule has 86 valence electrons. The molecule has 0 atom stereocenters. The molecule has 1 aromatic rings. The van der Waals surface area contributed by atoms with E-state index in [0.717, 1.165) is 5.56 Å². The Bertz CT molecular complexity index is 368. The van der Waals surface area contributed by atoms with Gasteiger partial charge in [0.25, 0.3) is 0 Å². The third-order valence-electron chi connectivity index (χ3n) is 3.33. The predicted octanol–water partition coefficient (Wildman–Crippen LogP) is 3.22. The monoisotopic (exact) mass is 219 g/mol. The normalized spacial score (nSPS) is 18.0. The van der Waals surface area contributed by atoms with Gasteiger partial charge in [-0.05, 0) is 36.5 Å². The number of rotatable bonds is 2. The number of hydrogen-bond acceptors (Lipinski definition) is 2. The fourth-order valence-corrected chi connectivity index (χ4v) is 2.43. The number of aromatic nitrogens is 1. The zero-order chi connectivity index (χ0) is 11.4. The first kappa shape index (κ1) is 11.1. The molecule has 2 rings (SSSR count). The third kappa shape index (κ3) is 2.60. The molecule has 0 aliphatic heterocycles. The van der Waals surface area contributed by atoms with Gasteiger partial charge >= 0.3 is 5.97 Å². The molecule has 1 aliphatic rings. The van der Waals surface area contributed by atoms with Crippen LogP contribution in [0.25, 0.3) is 0 Å². The molecule has 1 fully saturated rings. The van der Waals surface area contributed by atoms with E-state index in [1.807, 2.05) is 6.07 Å². The smallest absolute Gasteiger partial charge is 0.354 e. The summed E-state index contributed by atoms with van der Waals surface area (Å²) >= 11 is 0. The fraction of sp³-hybridized carbons (Fsp3) is 0.538. The number of pyridine rings is 1. The lowest BCUT2D eigenvalue weighted by Crippen LogP contribution is -2.04. The Balaban J connectivity index is 2.18. The first-order valence-electron chi connectivity index (χ1n) is 5.96. The van der Waals surface area contributed by atoms with Crippen molar-refractivity contribution in [1.29, 1.82) is 0 Å². The largest absolute Gasteiger partial charge is 0.477 e. The maximum Gasteiger partial charge on any atom is 0.354 e. The number of aromatic carboxylic acids is 1. The van der Waals surface area contributed by atoms with Crippen molar-refractivity contribution in [3.63, 3.8) is 0 Å². The number of carboxylic acids is 1. The van der Waals surface area contributed by atoms with Crippen LogP contribution in [0, 0.1) is 0 Å². The molecule has 0 aromatic carbocycles. The Morgan fingerprint density at radius 3 is 2.56 bits per heavy atom. The highest BCUT2D eigenvalue weighted by Crippen LogP contribution is 2.31. The Morgan fingerprint density at radius 2 is 1.94 bits per heavy atom. The van der Waals surface area contributed by atoms with Crippen LogP contribution < -0.4 is 0 Å². The van der Waals surface area contributed by atoms with Gasteiger partial charge in [-0.2, -0.15) is 0 Å².